The Balaban J connectivity index is 1.70. The predicted octanol–water partition coefficient (Wildman–Crippen LogP) is 5.54. The molecule has 1 N–H and O–H groups in total. The third-order valence-electron chi connectivity index (χ3n) is 3.10. The number of rotatable bonds is 4. The second kappa shape index (κ2) is 5.77. The van der Waals surface area contributed by atoms with Gasteiger partial charge in [-0.15, -0.1) is 22.7 Å². The van der Waals surface area contributed by atoms with Gasteiger partial charge in [0.2, 0.25) is 0 Å². The maximum Gasteiger partial charge on any atom is 0.123 e. The monoisotopic (exact) mass is 303 g/mol. The lowest BCUT2D eigenvalue weighted by atomic mass is 10.2. The van der Waals surface area contributed by atoms with Crippen molar-refractivity contribution in [2.45, 2.75) is 13.5 Å². The van der Waals surface area contributed by atoms with Crippen LogP contribution in [0.15, 0.2) is 47.2 Å². The Hall–Kier alpha value is -1.65. The zero-order valence-corrected chi connectivity index (χ0v) is 12.7. The van der Waals surface area contributed by atoms with Gasteiger partial charge in [-0.25, -0.2) is 4.39 Å². The SMILES string of the molecule is Cc1cc(F)ccc1NCc1cc(-c2cccs2)cs1. The molecular weight excluding hydrogens is 289 g/mol. The Kier molecular flexibility index (Phi) is 3.85. The number of benzene rings is 1. The molecular formula is C16H14FNS2. The van der Waals surface area contributed by atoms with Crippen molar-refractivity contribution >= 4 is 28.4 Å². The summed E-state index contributed by atoms with van der Waals surface area (Å²) in [6.45, 7) is 2.68. The van der Waals surface area contributed by atoms with Crippen LogP contribution in [0.4, 0.5) is 10.1 Å². The summed E-state index contributed by atoms with van der Waals surface area (Å²) in [6, 6.07) is 11.2. The smallest absolute Gasteiger partial charge is 0.123 e. The summed E-state index contributed by atoms with van der Waals surface area (Å²) in [5, 5.41) is 7.63. The number of halogens is 1. The summed E-state index contributed by atoms with van der Waals surface area (Å²) in [5.74, 6) is -0.191. The Morgan fingerprint density at radius 3 is 2.80 bits per heavy atom. The van der Waals surface area contributed by atoms with Crippen molar-refractivity contribution in [3.63, 3.8) is 0 Å². The highest BCUT2D eigenvalue weighted by molar-refractivity contribution is 7.14. The van der Waals surface area contributed by atoms with Crippen molar-refractivity contribution in [1.29, 1.82) is 0 Å². The molecule has 3 rings (SSSR count). The highest BCUT2D eigenvalue weighted by Crippen LogP contribution is 2.29. The van der Waals surface area contributed by atoms with E-state index in [1.54, 1.807) is 34.8 Å². The summed E-state index contributed by atoms with van der Waals surface area (Å²) >= 11 is 3.50. The lowest BCUT2D eigenvalue weighted by Gasteiger charge is -2.08. The largest absolute Gasteiger partial charge is 0.380 e. The molecule has 0 amide bonds. The normalized spacial score (nSPS) is 10.7. The molecule has 4 heteroatoms. The molecule has 102 valence electrons. The molecule has 0 bridgehead atoms. The third-order valence-corrected chi connectivity index (χ3v) is 4.96. The lowest BCUT2D eigenvalue weighted by molar-refractivity contribution is 0.627. The van der Waals surface area contributed by atoms with Crippen molar-refractivity contribution in [3.05, 3.63) is 63.4 Å². The first-order valence-electron chi connectivity index (χ1n) is 6.34. The van der Waals surface area contributed by atoms with Crippen molar-refractivity contribution in [1.82, 2.24) is 0 Å². The summed E-state index contributed by atoms with van der Waals surface area (Å²) in [6.07, 6.45) is 0. The number of hydrogen-bond donors (Lipinski definition) is 1. The van der Waals surface area contributed by atoms with Crippen LogP contribution in [0, 0.1) is 12.7 Å². The van der Waals surface area contributed by atoms with Crippen molar-refractivity contribution in [2.75, 3.05) is 5.32 Å². The van der Waals surface area contributed by atoms with E-state index in [1.165, 1.54) is 21.4 Å². The summed E-state index contributed by atoms with van der Waals surface area (Å²) in [7, 11) is 0. The fraction of sp³-hybridized carbons (Fsp3) is 0.125. The van der Waals surface area contributed by atoms with E-state index in [1.807, 2.05) is 6.92 Å². The van der Waals surface area contributed by atoms with E-state index in [-0.39, 0.29) is 5.82 Å². The zero-order chi connectivity index (χ0) is 13.9. The molecule has 2 aromatic heterocycles. The Labute approximate surface area is 125 Å². The summed E-state index contributed by atoms with van der Waals surface area (Å²) in [5.41, 5.74) is 3.19. The van der Waals surface area contributed by atoms with E-state index in [4.69, 9.17) is 0 Å². The zero-order valence-electron chi connectivity index (χ0n) is 11.0. The van der Waals surface area contributed by atoms with Gasteiger partial charge in [0.15, 0.2) is 0 Å². The lowest BCUT2D eigenvalue weighted by Crippen LogP contribution is -1.99. The molecule has 0 aliphatic carbocycles. The molecule has 3 aromatic rings. The molecule has 0 aliphatic heterocycles. The molecule has 0 saturated carbocycles. The van der Waals surface area contributed by atoms with E-state index in [2.05, 4.69) is 34.3 Å². The Morgan fingerprint density at radius 1 is 1.15 bits per heavy atom. The van der Waals surface area contributed by atoms with Gasteiger partial charge in [-0.1, -0.05) is 6.07 Å². The van der Waals surface area contributed by atoms with Crippen LogP contribution in [0.3, 0.4) is 0 Å². The Bertz CT molecular complexity index is 701. The second-order valence-corrected chi connectivity index (χ2v) is 6.54. The van der Waals surface area contributed by atoms with Gasteiger partial charge in [-0.05, 0) is 53.6 Å². The summed E-state index contributed by atoms with van der Waals surface area (Å²) in [4.78, 5) is 2.57. The van der Waals surface area contributed by atoms with Gasteiger partial charge in [0.25, 0.3) is 0 Å². The van der Waals surface area contributed by atoms with Crippen LogP contribution in [-0.4, -0.2) is 0 Å². The molecule has 0 fully saturated rings. The highest BCUT2D eigenvalue weighted by atomic mass is 32.1. The van der Waals surface area contributed by atoms with E-state index in [0.717, 1.165) is 17.8 Å². The molecule has 0 spiro atoms. The van der Waals surface area contributed by atoms with Gasteiger partial charge in [0.1, 0.15) is 5.82 Å². The van der Waals surface area contributed by atoms with Gasteiger partial charge in [-0.3, -0.25) is 0 Å². The van der Waals surface area contributed by atoms with Crippen molar-refractivity contribution in [3.8, 4) is 10.4 Å². The molecule has 0 aliphatic rings. The molecule has 20 heavy (non-hydrogen) atoms. The predicted molar refractivity (Wildman–Crippen MR) is 86.1 cm³/mol. The van der Waals surface area contributed by atoms with Crippen LogP contribution < -0.4 is 5.32 Å². The minimum Gasteiger partial charge on any atom is -0.380 e. The van der Waals surface area contributed by atoms with Gasteiger partial charge in [0.05, 0.1) is 0 Å². The molecule has 0 unspecified atom stereocenters. The van der Waals surface area contributed by atoms with Crippen LogP contribution in [-0.2, 0) is 6.54 Å². The van der Waals surface area contributed by atoms with Crippen LogP contribution in [0.5, 0.6) is 0 Å². The first-order valence-corrected chi connectivity index (χ1v) is 8.09. The average molecular weight is 303 g/mol. The van der Waals surface area contributed by atoms with Gasteiger partial charge >= 0.3 is 0 Å². The standard InChI is InChI=1S/C16H14FNS2/c1-11-7-13(17)4-5-15(11)18-9-14-8-12(10-20-14)16-3-2-6-19-16/h2-8,10,18H,9H2,1H3. The quantitative estimate of drug-likeness (QED) is 0.667. The van der Waals surface area contributed by atoms with E-state index >= 15 is 0 Å². The molecule has 1 aromatic carbocycles. The minimum absolute atomic E-state index is 0.191. The molecule has 0 saturated heterocycles. The molecule has 0 radical (unpaired) electrons. The van der Waals surface area contributed by atoms with Crippen LogP contribution in [0.25, 0.3) is 10.4 Å². The highest BCUT2D eigenvalue weighted by Gasteiger charge is 2.04. The van der Waals surface area contributed by atoms with Crippen LogP contribution >= 0.6 is 22.7 Å². The van der Waals surface area contributed by atoms with Crippen LogP contribution in [0.2, 0.25) is 0 Å². The van der Waals surface area contributed by atoms with E-state index in [9.17, 15) is 4.39 Å². The molecule has 1 nitrogen and oxygen atoms in total. The molecule has 2 heterocycles. The minimum atomic E-state index is -0.191. The number of anilines is 1. The Morgan fingerprint density at radius 2 is 2.05 bits per heavy atom. The third kappa shape index (κ3) is 2.92. The second-order valence-electron chi connectivity index (χ2n) is 4.59. The number of aryl methyl sites for hydroxylation is 1. The topological polar surface area (TPSA) is 12.0 Å². The van der Waals surface area contributed by atoms with Crippen LogP contribution in [0.1, 0.15) is 10.4 Å². The maximum absolute atomic E-state index is 13.0. The van der Waals surface area contributed by atoms with E-state index < -0.39 is 0 Å². The number of nitrogens with one attached hydrogen (secondary N) is 1. The van der Waals surface area contributed by atoms with Crippen molar-refractivity contribution in [2.24, 2.45) is 0 Å². The molecule has 0 atom stereocenters. The number of thiophene rings is 2. The van der Waals surface area contributed by atoms with Crippen molar-refractivity contribution < 1.29 is 4.39 Å². The fourth-order valence-electron chi connectivity index (χ4n) is 2.05. The average Bonchev–Trinajstić information content (AvgIpc) is 3.08. The maximum atomic E-state index is 13.0. The van der Waals surface area contributed by atoms with Gasteiger partial charge in [0, 0.05) is 27.5 Å². The van der Waals surface area contributed by atoms with Gasteiger partial charge in [-0.2, -0.15) is 0 Å². The van der Waals surface area contributed by atoms with Gasteiger partial charge < -0.3 is 5.32 Å². The summed E-state index contributed by atoms with van der Waals surface area (Å²) < 4.78 is 13.0. The first-order chi connectivity index (χ1) is 9.72. The fourth-order valence-corrected chi connectivity index (χ4v) is 3.67. The van der Waals surface area contributed by atoms with E-state index in [0.29, 0.717) is 0 Å². The number of hydrogen-bond acceptors (Lipinski definition) is 3. The first kappa shape index (κ1) is 13.3.